The fourth-order valence-corrected chi connectivity index (χ4v) is 4.14. The van der Waals surface area contributed by atoms with Crippen molar-refractivity contribution in [2.24, 2.45) is 10.9 Å². The number of carboxylic acid groups (broad SMARTS) is 1. The van der Waals surface area contributed by atoms with E-state index in [9.17, 15) is 9.59 Å². The van der Waals surface area contributed by atoms with Gasteiger partial charge in [0.1, 0.15) is 30.0 Å². The highest BCUT2D eigenvalue weighted by Crippen LogP contribution is 2.29. The maximum Gasteiger partial charge on any atom is 0.335 e. The summed E-state index contributed by atoms with van der Waals surface area (Å²) >= 11 is 0. The number of rotatable bonds is 9. The molecule has 0 unspecified atom stereocenters. The lowest BCUT2D eigenvalue weighted by Gasteiger charge is -2.27. The summed E-state index contributed by atoms with van der Waals surface area (Å²) in [4.78, 5) is 29.2. The maximum atomic E-state index is 13.2. The number of nitrogens with one attached hydrogen (secondary N) is 1. The molecule has 2 aromatic rings. The Morgan fingerprint density at radius 2 is 1.68 bits per heavy atom. The molecule has 0 heterocycles. The van der Waals surface area contributed by atoms with Gasteiger partial charge in [-0.05, 0) is 98.5 Å². The zero-order chi connectivity index (χ0) is 26.9. The zero-order valence-electron chi connectivity index (χ0n) is 21.1. The number of ether oxygens (including phenoxy) is 2. The number of hydrogen-bond acceptors (Lipinski definition) is 7. The standard InChI is InChI=1S/C29H31N3O6/c1-2-36-31-18-19-3-11-24(12-4-19)37-26-15-21(28(33)32-23-9-7-22(30)8-10-23)16-27(17-26)38-25-13-5-20(6-14-25)29(34)35/h3-6,11-17,22-24H,2,7-10,30H2,1H3,(H,32,33)(H,34,35). The van der Waals surface area contributed by atoms with Gasteiger partial charge in [-0.1, -0.05) is 0 Å². The fraction of sp³-hybridized carbons (Fsp3) is 0.310. The Balaban J connectivity index is 1.53. The minimum absolute atomic E-state index is 0.0626. The lowest BCUT2D eigenvalue weighted by molar-refractivity contribution is 0.0696. The summed E-state index contributed by atoms with van der Waals surface area (Å²) in [6.07, 6.45) is 10.4. The number of amides is 1. The van der Waals surface area contributed by atoms with Gasteiger partial charge >= 0.3 is 5.97 Å². The molecule has 2 aliphatic rings. The van der Waals surface area contributed by atoms with Gasteiger partial charge in [0, 0.05) is 35.2 Å². The van der Waals surface area contributed by atoms with E-state index in [2.05, 4.69) is 16.3 Å². The molecule has 198 valence electrons. The second kappa shape index (κ2) is 12.8. The third kappa shape index (κ3) is 7.59. The molecule has 9 heteroatoms. The molecule has 4 N–H and O–H groups in total. The minimum Gasteiger partial charge on any atom is -0.482 e. The summed E-state index contributed by atoms with van der Waals surface area (Å²) < 4.78 is 12.1. The van der Waals surface area contributed by atoms with Crippen LogP contribution in [0.4, 0.5) is 0 Å². The van der Waals surface area contributed by atoms with E-state index in [4.69, 9.17) is 25.2 Å². The Bertz CT molecular complexity index is 1250. The molecule has 2 aliphatic carbocycles. The average molecular weight is 518 g/mol. The molecule has 0 saturated heterocycles. The zero-order valence-corrected chi connectivity index (χ0v) is 21.1. The van der Waals surface area contributed by atoms with E-state index in [0.29, 0.717) is 29.4 Å². The van der Waals surface area contributed by atoms with Gasteiger partial charge in [-0.15, -0.1) is 0 Å². The first-order chi connectivity index (χ1) is 18.4. The number of carbonyl (C=O) groups is 2. The van der Waals surface area contributed by atoms with Crippen LogP contribution in [0.5, 0.6) is 17.2 Å². The molecule has 4 rings (SSSR count). The van der Waals surface area contributed by atoms with Gasteiger partial charge in [-0.3, -0.25) is 4.79 Å². The van der Waals surface area contributed by atoms with E-state index >= 15 is 0 Å². The summed E-state index contributed by atoms with van der Waals surface area (Å²) in [5.41, 5.74) is 7.28. The number of hydrogen-bond donors (Lipinski definition) is 3. The Labute approximate surface area is 221 Å². The third-order valence-electron chi connectivity index (χ3n) is 6.16. The maximum absolute atomic E-state index is 13.2. The molecule has 0 spiro atoms. The van der Waals surface area contributed by atoms with Crippen molar-refractivity contribution in [3.8, 4) is 17.2 Å². The highest BCUT2D eigenvalue weighted by molar-refractivity contribution is 5.95. The summed E-state index contributed by atoms with van der Waals surface area (Å²) in [6.45, 7) is 2.31. The summed E-state index contributed by atoms with van der Waals surface area (Å²) in [5, 5.41) is 16.0. The second-order valence-corrected chi connectivity index (χ2v) is 9.09. The van der Waals surface area contributed by atoms with Crippen LogP contribution in [0.15, 0.2) is 77.5 Å². The monoisotopic (exact) mass is 517 g/mol. The summed E-state index contributed by atoms with van der Waals surface area (Å²) in [5.74, 6) is 2.80. The Hall–Kier alpha value is -4.33. The van der Waals surface area contributed by atoms with Crippen molar-refractivity contribution in [3.63, 3.8) is 0 Å². The van der Waals surface area contributed by atoms with Crippen molar-refractivity contribution in [2.75, 3.05) is 6.61 Å². The molecule has 0 radical (unpaired) electrons. The van der Waals surface area contributed by atoms with Crippen LogP contribution in [-0.2, 0) is 4.84 Å². The van der Waals surface area contributed by atoms with Gasteiger partial charge in [-0.2, -0.15) is 0 Å². The lowest BCUT2D eigenvalue weighted by Crippen LogP contribution is -2.40. The molecule has 0 atom stereocenters. The van der Waals surface area contributed by atoms with Crippen molar-refractivity contribution >= 4 is 17.7 Å². The van der Waals surface area contributed by atoms with Gasteiger partial charge in [0.15, 0.2) is 0 Å². The molecule has 1 saturated carbocycles. The van der Waals surface area contributed by atoms with Gasteiger partial charge in [0.25, 0.3) is 5.91 Å². The largest absolute Gasteiger partial charge is 0.482 e. The second-order valence-electron chi connectivity index (χ2n) is 9.09. The van der Waals surface area contributed by atoms with Crippen LogP contribution in [0.1, 0.15) is 53.3 Å². The molecule has 0 aromatic heterocycles. The molecule has 2 aromatic carbocycles. The van der Waals surface area contributed by atoms with Crippen LogP contribution in [0.25, 0.3) is 0 Å². The van der Waals surface area contributed by atoms with Crippen molar-refractivity contribution < 1.29 is 29.0 Å². The van der Waals surface area contributed by atoms with E-state index < -0.39 is 5.97 Å². The van der Waals surface area contributed by atoms with E-state index in [1.165, 1.54) is 12.1 Å². The summed E-state index contributed by atoms with van der Waals surface area (Å²) in [6, 6.07) is 11.3. The highest BCUT2D eigenvalue weighted by atomic mass is 16.6. The summed E-state index contributed by atoms with van der Waals surface area (Å²) in [7, 11) is 0. The number of benzene rings is 2. The topological polar surface area (TPSA) is 132 Å². The van der Waals surface area contributed by atoms with Gasteiger partial charge in [-0.25, -0.2) is 4.79 Å². The van der Waals surface area contributed by atoms with Crippen LogP contribution < -0.4 is 20.5 Å². The average Bonchev–Trinajstić information content (AvgIpc) is 2.91. The van der Waals surface area contributed by atoms with Crippen LogP contribution in [0.2, 0.25) is 0 Å². The van der Waals surface area contributed by atoms with Crippen molar-refractivity contribution in [2.45, 2.75) is 50.8 Å². The van der Waals surface area contributed by atoms with Crippen LogP contribution in [0, 0.1) is 0 Å². The highest BCUT2D eigenvalue weighted by Gasteiger charge is 2.22. The number of aromatic carboxylic acids is 1. The molecule has 1 amide bonds. The van der Waals surface area contributed by atoms with Crippen molar-refractivity contribution in [1.82, 2.24) is 5.32 Å². The van der Waals surface area contributed by atoms with E-state index in [1.54, 1.807) is 30.3 Å². The van der Waals surface area contributed by atoms with Crippen molar-refractivity contribution in [1.29, 1.82) is 0 Å². The Kier molecular flexibility index (Phi) is 8.98. The first-order valence-corrected chi connectivity index (χ1v) is 12.6. The minimum atomic E-state index is -1.02. The Morgan fingerprint density at radius 3 is 2.34 bits per heavy atom. The van der Waals surface area contributed by atoms with Crippen LogP contribution in [0.3, 0.4) is 0 Å². The van der Waals surface area contributed by atoms with Crippen LogP contribution in [-0.4, -0.2) is 47.6 Å². The van der Waals surface area contributed by atoms with Gasteiger partial charge < -0.3 is 30.5 Å². The number of allylic oxidation sites excluding steroid dienone is 3. The van der Waals surface area contributed by atoms with Crippen molar-refractivity contribution in [3.05, 3.63) is 83.5 Å². The predicted octanol–water partition coefficient (Wildman–Crippen LogP) is 4.60. The molecule has 1 fully saturated rings. The van der Waals surface area contributed by atoms with E-state index in [-0.39, 0.29) is 29.7 Å². The van der Waals surface area contributed by atoms with E-state index in [0.717, 1.165) is 31.3 Å². The smallest absolute Gasteiger partial charge is 0.335 e. The number of carboxylic acids is 1. The number of nitrogens with two attached hydrogens (primary N) is 1. The van der Waals surface area contributed by atoms with Crippen LogP contribution >= 0.6 is 0 Å². The van der Waals surface area contributed by atoms with E-state index in [1.807, 2.05) is 31.2 Å². The quantitative estimate of drug-likeness (QED) is 0.327. The molecule has 38 heavy (non-hydrogen) atoms. The molecule has 0 bridgehead atoms. The van der Waals surface area contributed by atoms with Gasteiger partial charge in [0.05, 0.1) is 5.56 Å². The first kappa shape index (κ1) is 26.7. The number of carbonyl (C=O) groups excluding carboxylic acids is 1. The normalized spacial score (nSPS) is 20.3. The lowest BCUT2D eigenvalue weighted by atomic mass is 9.91. The molecule has 9 nitrogen and oxygen atoms in total. The predicted molar refractivity (Wildman–Crippen MR) is 143 cm³/mol. The first-order valence-electron chi connectivity index (χ1n) is 12.6. The Morgan fingerprint density at radius 1 is 1.00 bits per heavy atom. The molecular formula is C29H31N3O6. The fourth-order valence-electron chi connectivity index (χ4n) is 4.14. The number of nitrogens with zero attached hydrogens (tertiary/aromatic N) is 1. The third-order valence-corrected chi connectivity index (χ3v) is 6.16. The SMILES string of the molecule is CCON=C=C1C=CC(Oc2cc(Oc3ccc(C(=O)O)cc3)cc(C(=O)NC3CCC(N)CC3)c2)C=C1. The molecule has 0 aliphatic heterocycles. The van der Waals surface area contributed by atoms with Gasteiger partial charge in [0.2, 0.25) is 0 Å². The molecular weight excluding hydrogens is 486 g/mol.